The summed E-state index contributed by atoms with van der Waals surface area (Å²) in [6.07, 6.45) is 1.99. The second-order valence-electron chi connectivity index (χ2n) is 5.18. The molecule has 1 N–H and O–H groups in total. The Morgan fingerprint density at radius 2 is 1.96 bits per heavy atom. The predicted molar refractivity (Wildman–Crippen MR) is 85.6 cm³/mol. The summed E-state index contributed by atoms with van der Waals surface area (Å²) in [5.41, 5.74) is 2.56. The van der Waals surface area contributed by atoms with Crippen molar-refractivity contribution in [1.29, 1.82) is 0 Å². The van der Waals surface area contributed by atoms with Gasteiger partial charge in [0.2, 0.25) is 0 Å². The Hall–Kier alpha value is -2.50. The zero-order valence-electron chi connectivity index (χ0n) is 11.8. The number of aliphatic hydroxyl groups is 1. The Bertz CT molecular complexity index is 935. The summed E-state index contributed by atoms with van der Waals surface area (Å²) in [6, 6.07) is 11.6. The number of halogens is 2. The van der Waals surface area contributed by atoms with E-state index in [0.29, 0.717) is 27.6 Å². The number of hydrogen-bond donors (Lipinski definition) is 1. The molecule has 1 atom stereocenters. The average Bonchev–Trinajstić information content (AvgIpc) is 2.99. The highest BCUT2D eigenvalue weighted by molar-refractivity contribution is 6.31. The molecule has 0 amide bonds. The van der Waals surface area contributed by atoms with Gasteiger partial charge in [0.1, 0.15) is 5.82 Å². The van der Waals surface area contributed by atoms with Crippen molar-refractivity contribution in [3.8, 4) is 5.69 Å². The molecule has 6 heteroatoms. The van der Waals surface area contributed by atoms with Gasteiger partial charge in [0, 0.05) is 16.1 Å². The van der Waals surface area contributed by atoms with Crippen LogP contribution in [0, 0.1) is 5.82 Å². The first kappa shape index (κ1) is 14.1. The molecule has 2 heterocycles. The van der Waals surface area contributed by atoms with Gasteiger partial charge in [0.15, 0.2) is 6.23 Å². The molecule has 4 nitrogen and oxygen atoms in total. The molecule has 1 aliphatic heterocycles. The molecular weight excluding hydrogens is 317 g/mol. The predicted octanol–water partition coefficient (Wildman–Crippen LogP) is 3.51. The molecule has 0 aliphatic carbocycles. The lowest BCUT2D eigenvalue weighted by Gasteiger charge is -2.12. The first-order valence-electron chi connectivity index (χ1n) is 6.98. The normalized spacial score (nSPS) is 16.3. The van der Waals surface area contributed by atoms with Crippen LogP contribution in [0.3, 0.4) is 0 Å². The Kier molecular flexibility index (Phi) is 3.25. The molecule has 114 valence electrons. The fourth-order valence-corrected chi connectivity index (χ4v) is 2.90. The summed E-state index contributed by atoms with van der Waals surface area (Å²) >= 11 is 6.12. The lowest BCUT2D eigenvalue weighted by molar-refractivity contribution is 0.182. The van der Waals surface area contributed by atoms with E-state index < -0.39 is 12.0 Å². The number of fused-ring (bicyclic) bond motifs is 3. The van der Waals surface area contributed by atoms with Crippen molar-refractivity contribution in [3.63, 3.8) is 0 Å². The van der Waals surface area contributed by atoms with E-state index in [0.717, 1.165) is 5.69 Å². The first-order valence-corrected chi connectivity index (χ1v) is 7.36. The van der Waals surface area contributed by atoms with Crippen LogP contribution in [0.25, 0.3) is 5.69 Å². The van der Waals surface area contributed by atoms with Crippen LogP contribution in [0.15, 0.2) is 60.0 Å². The van der Waals surface area contributed by atoms with Crippen molar-refractivity contribution in [1.82, 2.24) is 9.55 Å². The Morgan fingerprint density at radius 1 is 1.13 bits per heavy atom. The number of rotatable bonds is 1. The third-order valence-corrected chi connectivity index (χ3v) is 4.02. The minimum absolute atomic E-state index is 0.314. The SMILES string of the molecule is OC1N=C(c2ccccc2F)c2cc(Cl)ccc2-n2cncc21. The maximum absolute atomic E-state index is 14.3. The molecule has 1 aliphatic rings. The van der Waals surface area contributed by atoms with E-state index in [9.17, 15) is 9.50 Å². The van der Waals surface area contributed by atoms with Gasteiger partial charge in [-0.05, 0) is 30.3 Å². The van der Waals surface area contributed by atoms with Gasteiger partial charge < -0.3 is 5.11 Å². The van der Waals surface area contributed by atoms with E-state index in [2.05, 4.69) is 9.98 Å². The standard InChI is InChI=1S/C17H11ClFN3O/c18-10-5-6-14-12(7-10)16(11-3-1-2-4-13(11)19)21-17(23)15-8-20-9-22(14)15/h1-9,17,23H. The van der Waals surface area contributed by atoms with E-state index in [4.69, 9.17) is 11.6 Å². The number of aromatic nitrogens is 2. The van der Waals surface area contributed by atoms with Crippen LogP contribution in [-0.2, 0) is 0 Å². The number of hydrogen-bond acceptors (Lipinski definition) is 3. The van der Waals surface area contributed by atoms with Crippen LogP contribution in [-0.4, -0.2) is 20.4 Å². The first-order chi connectivity index (χ1) is 11.1. The van der Waals surface area contributed by atoms with Crippen molar-refractivity contribution in [3.05, 3.63) is 82.6 Å². The summed E-state index contributed by atoms with van der Waals surface area (Å²) in [5.74, 6) is -0.408. The maximum atomic E-state index is 14.3. The molecule has 1 unspecified atom stereocenters. The van der Waals surface area contributed by atoms with Crippen molar-refractivity contribution in [2.75, 3.05) is 0 Å². The van der Waals surface area contributed by atoms with Gasteiger partial charge in [-0.15, -0.1) is 0 Å². The number of imidazole rings is 1. The van der Waals surface area contributed by atoms with Crippen LogP contribution < -0.4 is 0 Å². The fourth-order valence-electron chi connectivity index (χ4n) is 2.73. The molecule has 23 heavy (non-hydrogen) atoms. The molecule has 0 saturated carbocycles. The summed E-state index contributed by atoms with van der Waals surface area (Å²) < 4.78 is 16.0. The van der Waals surface area contributed by atoms with Gasteiger partial charge in [-0.3, -0.25) is 4.57 Å². The third kappa shape index (κ3) is 2.25. The van der Waals surface area contributed by atoms with Gasteiger partial charge >= 0.3 is 0 Å². The second-order valence-corrected chi connectivity index (χ2v) is 5.62. The highest BCUT2D eigenvalue weighted by Gasteiger charge is 2.25. The van der Waals surface area contributed by atoms with Gasteiger partial charge in [0.05, 0.1) is 29.6 Å². The molecule has 0 bridgehead atoms. The number of aliphatic hydroxyl groups excluding tert-OH is 1. The van der Waals surface area contributed by atoms with Gasteiger partial charge in [-0.1, -0.05) is 23.7 Å². The number of benzene rings is 2. The highest BCUT2D eigenvalue weighted by Crippen LogP contribution is 2.31. The fraction of sp³-hybridized carbons (Fsp3) is 0.0588. The molecule has 0 spiro atoms. The lowest BCUT2D eigenvalue weighted by Crippen LogP contribution is -2.09. The molecule has 0 fully saturated rings. The minimum atomic E-state index is -1.14. The molecular formula is C17H11ClFN3O. The topological polar surface area (TPSA) is 50.4 Å². The van der Waals surface area contributed by atoms with E-state index in [1.807, 2.05) is 0 Å². The Balaban J connectivity index is 2.05. The molecule has 0 radical (unpaired) electrons. The van der Waals surface area contributed by atoms with E-state index >= 15 is 0 Å². The molecule has 0 saturated heterocycles. The van der Waals surface area contributed by atoms with Crippen molar-refractivity contribution in [2.24, 2.45) is 4.99 Å². The van der Waals surface area contributed by atoms with Crippen molar-refractivity contribution in [2.45, 2.75) is 6.23 Å². The monoisotopic (exact) mass is 327 g/mol. The van der Waals surface area contributed by atoms with Crippen LogP contribution in [0.4, 0.5) is 4.39 Å². The van der Waals surface area contributed by atoms with Crippen LogP contribution in [0.5, 0.6) is 0 Å². The van der Waals surface area contributed by atoms with Gasteiger partial charge in [-0.2, -0.15) is 0 Å². The lowest BCUT2D eigenvalue weighted by atomic mass is 10.00. The Morgan fingerprint density at radius 3 is 2.78 bits per heavy atom. The largest absolute Gasteiger partial charge is 0.367 e. The molecule has 3 aromatic rings. The number of aliphatic imine (C=N–C) groups is 1. The zero-order valence-corrected chi connectivity index (χ0v) is 12.6. The van der Waals surface area contributed by atoms with E-state index in [1.165, 1.54) is 12.3 Å². The van der Waals surface area contributed by atoms with Crippen LogP contribution in [0.1, 0.15) is 23.0 Å². The van der Waals surface area contributed by atoms with Gasteiger partial charge in [-0.25, -0.2) is 14.4 Å². The molecule has 2 aromatic carbocycles. The summed E-state index contributed by atoms with van der Waals surface area (Å²) in [4.78, 5) is 8.37. The third-order valence-electron chi connectivity index (χ3n) is 3.79. The quantitative estimate of drug-likeness (QED) is 0.743. The van der Waals surface area contributed by atoms with Crippen molar-refractivity contribution >= 4 is 17.3 Å². The minimum Gasteiger partial charge on any atom is -0.367 e. The summed E-state index contributed by atoms with van der Waals surface area (Å²) in [7, 11) is 0. The second kappa shape index (κ2) is 5.30. The smallest absolute Gasteiger partial charge is 0.189 e. The number of nitrogens with zero attached hydrogens (tertiary/aromatic N) is 3. The molecule has 1 aromatic heterocycles. The van der Waals surface area contributed by atoms with E-state index in [1.54, 1.807) is 47.3 Å². The van der Waals surface area contributed by atoms with Crippen LogP contribution >= 0.6 is 11.6 Å². The Labute approximate surface area is 136 Å². The summed E-state index contributed by atoms with van der Waals surface area (Å²) in [6.45, 7) is 0. The molecule has 4 rings (SSSR count). The van der Waals surface area contributed by atoms with Crippen molar-refractivity contribution < 1.29 is 9.50 Å². The summed E-state index contributed by atoms with van der Waals surface area (Å²) in [5, 5.41) is 10.9. The van der Waals surface area contributed by atoms with E-state index in [-0.39, 0.29) is 0 Å². The zero-order chi connectivity index (χ0) is 16.0. The van der Waals surface area contributed by atoms with Crippen LogP contribution in [0.2, 0.25) is 5.02 Å². The van der Waals surface area contributed by atoms with Gasteiger partial charge in [0.25, 0.3) is 0 Å². The average molecular weight is 328 g/mol. The maximum Gasteiger partial charge on any atom is 0.189 e. The highest BCUT2D eigenvalue weighted by atomic mass is 35.5.